The lowest BCUT2D eigenvalue weighted by Gasteiger charge is -2.23. The summed E-state index contributed by atoms with van der Waals surface area (Å²) in [6.07, 6.45) is 1.41. The lowest BCUT2D eigenvalue weighted by atomic mass is 9.90. The summed E-state index contributed by atoms with van der Waals surface area (Å²) in [5, 5.41) is 10.3. The van der Waals surface area contributed by atoms with Gasteiger partial charge in [-0.1, -0.05) is 29.8 Å². The van der Waals surface area contributed by atoms with Gasteiger partial charge in [-0.2, -0.15) is 0 Å². The van der Waals surface area contributed by atoms with Crippen molar-refractivity contribution in [2.45, 2.75) is 39.2 Å². The van der Waals surface area contributed by atoms with E-state index in [2.05, 4.69) is 11.8 Å². The Labute approximate surface area is 92.1 Å². The van der Waals surface area contributed by atoms with Crippen LogP contribution < -0.4 is 0 Å². The lowest BCUT2D eigenvalue weighted by molar-refractivity contribution is 0.0493. The Morgan fingerprint density at radius 1 is 1.40 bits per heavy atom. The molecule has 0 amide bonds. The maximum absolute atomic E-state index is 10.3. The molecule has 1 unspecified atom stereocenters. The number of rotatable bonds is 3. The van der Waals surface area contributed by atoms with Crippen LogP contribution in [0.3, 0.4) is 0 Å². The van der Waals surface area contributed by atoms with E-state index in [1.54, 1.807) is 0 Å². The van der Waals surface area contributed by atoms with Crippen molar-refractivity contribution in [3.8, 4) is 11.8 Å². The molecule has 0 saturated heterocycles. The Morgan fingerprint density at radius 2 is 2.13 bits per heavy atom. The fourth-order valence-electron chi connectivity index (χ4n) is 1.56. The average Bonchev–Trinajstić information content (AvgIpc) is 2.18. The molecule has 0 aliphatic carbocycles. The zero-order valence-electron chi connectivity index (χ0n) is 9.67. The predicted molar refractivity (Wildman–Crippen MR) is 63.4 cm³/mol. The van der Waals surface area contributed by atoms with Crippen LogP contribution in [0, 0.1) is 18.8 Å². The van der Waals surface area contributed by atoms with Crippen molar-refractivity contribution in [3.63, 3.8) is 0 Å². The Morgan fingerprint density at radius 3 is 2.73 bits per heavy atom. The van der Waals surface area contributed by atoms with Crippen LogP contribution in [0.25, 0.3) is 0 Å². The molecule has 0 heterocycles. The fraction of sp³-hybridized carbons (Fsp3) is 0.429. The molecule has 0 radical (unpaired) electrons. The molecule has 0 aliphatic rings. The summed E-state index contributed by atoms with van der Waals surface area (Å²) < 4.78 is 0. The van der Waals surface area contributed by atoms with E-state index in [4.69, 9.17) is 0 Å². The smallest absolute Gasteiger partial charge is 0.0877 e. The van der Waals surface area contributed by atoms with E-state index in [1.807, 2.05) is 45.0 Å². The van der Waals surface area contributed by atoms with Gasteiger partial charge in [-0.15, -0.1) is 11.8 Å². The highest BCUT2D eigenvalue weighted by atomic mass is 16.3. The van der Waals surface area contributed by atoms with Gasteiger partial charge in [0.1, 0.15) is 0 Å². The summed E-state index contributed by atoms with van der Waals surface area (Å²) in [5.74, 6) is 5.82. The van der Waals surface area contributed by atoms with Gasteiger partial charge in [-0.05, 0) is 32.8 Å². The second-order valence-corrected chi connectivity index (χ2v) is 4.07. The predicted octanol–water partition coefficient (Wildman–Crippen LogP) is 3.01. The van der Waals surface area contributed by atoms with Gasteiger partial charge in [-0.25, -0.2) is 0 Å². The third-order valence-electron chi connectivity index (χ3n) is 2.55. The molecule has 15 heavy (non-hydrogen) atoms. The first-order chi connectivity index (χ1) is 7.06. The third kappa shape index (κ3) is 3.42. The van der Waals surface area contributed by atoms with Crippen molar-refractivity contribution in [2.24, 2.45) is 0 Å². The second kappa shape index (κ2) is 5.00. The molecule has 0 bridgehead atoms. The van der Waals surface area contributed by atoms with Crippen LogP contribution in [0.4, 0.5) is 0 Å². The van der Waals surface area contributed by atoms with Crippen LogP contribution in [-0.2, 0) is 5.60 Å². The molecule has 0 aliphatic heterocycles. The molecule has 0 fully saturated rings. The molecule has 1 nitrogen and oxygen atoms in total. The van der Waals surface area contributed by atoms with Crippen LogP contribution in [-0.4, -0.2) is 5.11 Å². The molecular formula is C14H18O. The van der Waals surface area contributed by atoms with Crippen LogP contribution in [0.2, 0.25) is 0 Å². The normalized spacial score (nSPS) is 13.9. The first-order valence-electron chi connectivity index (χ1n) is 5.25. The fourth-order valence-corrected chi connectivity index (χ4v) is 1.56. The lowest BCUT2D eigenvalue weighted by Crippen LogP contribution is -2.20. The average molecular weight is 202 g/mol. The summed E-state index contributed by atoms with van der Waals surface area (Å²) in [6.45, 7) is 5.70. The van der Waals surface area contributed by atoms with Gasteiger partial charge in [0.15, 0.2) is 0 Å². The molecule has 1 aromatic carbocycles. The molecule has 1 atom stereocenters. The summed E-state index contributed by atoms with van der Waals surface area (Å²) in [4.78, 5) is 0. The number of benzene rings is 1. The highest BCUT2D eigenvalue weighted by molar-refractivity contribution is 5.27. The Hall–Kier alpha value is -1.26. The van der Waals surface area contributed by atoms with Crippen molar-refractivity contribution in [3.05, 3.63) is 35.4 Å². The van der Waals surface area contributed by atoms with Crippen LogP contribution in [0.15, 0.2) is 24.3 Å². The van der Waals surface area contributed by atoms with Crippen molar-refractivity contribution >= 4 is 0 Å². The molecule has 1 N–H and O–H groups in total. The molecular weight excluding hydrogens is 184 g/mol. The molecule has 1 aromatic rings. The minimum atomic E-state index is -0.768. The van der Waals surface area contributed by atoms with Gasteiger partial charge in [0.05, 0.1) is 5.60 Å². The van der Waals surface area contributed by atoms with Gasteiger partial charge in [0.25, 0.3) is 0 Å². The number of aryl methyl sites for hydroxylation is 1. The Balaban J connectivity index is 2.79. The summed E-state index contributed by atoms with van der Waals surface area (Å²) in [7, 11) is 0. The van der Waals surface area contributed by atoms with Gasteiger partial charge in [0, 0.05) is 6.42 Å². The topological polar surface area (TPSA) is 20.2 Å². The third-order valence-corrected chi connectivity index (χ3v) is 2.55. The van der Waals surface area contributed by atoms with Gasteiger partial charge in [-0.3, -0.25) is 0 Å². The summed E-state index contributed by atoms with van der Waals surface area (Å²) in [6, 6.07) is 8.00. The van der Waals surface area contributed by atoms with Crippen molar-refractivity contribution < 1.29 is 5.11 Å². The number of hydrogen-bond acceptors (Lipinski definition) is 1. The summed E-state index contributed by atoms with van der Waals surface area (Å²) in [5.41, 5.74) is 1.38. The minimum Gasteiger partial charge on any atom is -0.385 e. The first-order valence-corrected chi connectivity index (χ1v) is 5.25. The number of hydrogen-bond donors (Lipinski definition) is 1. The van der Waals surface area contributed by atoms with E-state index in [0.717, 1.165) is 12.0 Å². The van der Waals surface area contributed by atoms with Crippen molar-refractivity contribution in [1.82, 2.24) is 0 Å². The van der Waals surface area contributed by atoms with E-state index in [1.165, 1.54) is 5.56 Å². The van der Waals surface area contributed by atoms with E-state index in [-0.39, 0.29) is 0 Å². The maximum atomic E-state index is 10.3. The maximum Gasteiger partial charge on any atom is 0.0877 e. The molecule has 80 valence electrons. The first kappa shape index (κ1) is 11.8. The minimum absolute atomic E-state index is 0.678. The highest BCUT2D eigenvalue weighted by Gasteiger charge is 2.21. The number of aliphatic hydroxyl groups is 1. The highest BCUT2D eigenvalue weighted by Crippen LogP contribution is 2.26. The molecule has 1 rings (SSSR count). The van der Waals surface area contributed by atoms with Crippen molar-refractivity contribution in [2.75, 3.05) is 0 Å². The molecule has 0 aromatic heterocycles. The van der Waals surface area contributed by atoms with Gasteiger partial charge >= 0.3 is 0 Å². The molecule has 0 saturated carbocycles. The van der Waals surface area contributed by atoms with Crippen molar-refractivity contribution in [1.29, 1.82) is 0 Å². The van der Waals surface area contributed by atoms with Crippen LogP contribution >= 0.6 is 0 Å². The molecule has 0 spiro atoms. The monoisotopic (exact) mass is 202 g/mol. The van der Waals surface area contributed by atoms with E-state index >= 15 is 0 Å². The molecule has 1 heteroatoms. The standard InChI is InChI=1S/C14H18O/c1-4-5-6-10-14(3,15)13-9-7-8-12(2)11-13/h7-9,11,15H,6,10H2,1-3H3. The zero-order chi connectivity index (χ0) is 11.3. The Bertz CT molecular complexity index is 380. The van der Waals surface area contributed by atoms with E-state index in [9.17, 15) is 5.11 Å². The van der Waals surface area contributed by atoms with E-state index in [0.29, 0.717) is 6.42 Å². The van der Waals surface area contributed by atoms with Crippen LogP contribution in [0.1, 0.15) is 37.8 Å². The Kier molecular flexibility index (Phi) is 3.94. The largest absolute Gasteiger partial charge is 0.385 e. The van der Waals surface area contributed by atoms with Gasteiger partial charge in [0.2, 0.25) is 0 Å². The van der Waals surface area contributed by atoms with Gasteiger partial charge < -0.3 is 5.11 Å². The quantitative estimate of drug-likeness (QED) is 0.747. The SMILES string of the molecule is CC#CCCC(C)(O)c1cccc(C)c1. The second-order valence-electron chi connectivity index (χ2n) is 4.07. The zero-order valence-corrected chi connectivity index (χ0v) is 9.67. The van der Waals surface area contributed by atoms with E-state index < -0.39 is 5.60 Å². The summed E-state index contributed by atoms with van der Waals surface area (Å²) >= 11 is 0. The van der Waals surface area contributed by atoms with Crippen LogP contribution in [0.5, 0.6) is 0 Å².